The minimum atomic E-state index is -0.410. The van der Waals surface area contributed by atoms with Gasteiger partial charge in [0.05, 0.1) is 0 Å². The molecule has 0 N–H and O–H groups in total. The molecule has 3 rings (SSSR count). The fourth-order valence-electron chi connectivity index (χ4n) is 1.25. The summed E-state index contributed by atoms with van der Waals surface area (Å²) in [4.78, 5) is 21.9. The molecule has 3 fully saturated rings. The van der Waals surface area contributed by atoms with Crippen LogP contribution in [0.5, 0.6) is 0 Å². The van der Waals surface area contributed by atoms with Crippen molar-refractivity contribution in [2.24, 2.45) is 0 Å². The predicted molar refractivity (Wildman–Crippen MR) is 41.1 cm³/mol. The first kappa shape index (κ1) is 6.72. The molecule has 3 atom stereocenters. The summed E-state index contributed by atoms with van der Waals surface area (Å²) in [6.45, 7) is 0. The van der Waals surface area contributed by atoms with Crippen molar-refractivity contribution in [2.45, 2.75) is 22.6 Å². The van der Waals surface area contributed by atoms with Crippen molar-refractivity contribution in [1.29, 1.82) is 0 Å². The number of carbonyl (C=O) groups excluding carboxylic acids is 2. The van der Waals surface area contributed by atoms with Gasteiger partial charge in [0.25, 0.3) is 0 Å². The molecule has 0 aromatic rings. The predicted octanol–water partition coefficient (Wildman–Crippen LogP) is 0.0993. The maximum Gasteiger partial charge on any atom is 0.192 e. The van der Waals surface area contributed by atoms with Crippen molar-refractivity contribution in [3.05, 3.63) is 0 Å². The van der Waals surface area contributed by atoms with E-state index in [0.717, 1.165) is 0 Å². The number of carbonyl (C=O) groups is 2. The molecule has 4 heteroatoms. The Hall–Kier alpha value is 0.0300. The van der Waals surface area contributed by atoms with E-state index in [-0.39, 0.29) is 21.6 Å². The van der Waals surface area contributed by atoms with Gasteiger partial charge in [-0.25, -0.2) is 0 Å². The first-order valence-electron chi connectivity index (χ1n) is 3.06. The van der Waals surface area contributed by atoms with Gasteiger partial charge >= 0.3 is 0 Å². The highest BCUT2D eigenvalue weighted by Gasteiger charge is 2.52. The second kappa shape index (κ2) is 2.01. The molecule has 2 heterocycles. The highest BCUT2D eigenvalue weighted by molar-refractivity contribution is 14.1. The van der Waals surface area contributed by atoms with E-state index >= 15 is 0 Å². The summed E-state index contributed by atoms with van der Waals surface area (Å²) in [7, 11) is 0. The lowest BCUT2D eigenvalue weighted by molar-refractivity contribution is -0.182. The maximum absolute atomic E-state index is 10.9. The SMILES string of the molecule is O=C1CC2OC(C2=O)C1I. The van der Waals surface area contributed by atoms with Crippen LogP contribution in [0.15, 0.2) is 0 Å². The van der Waals surface area contributed by atoms with Gasteiger partial charge in [0.15, 0.2) is 11.6 Å². The third kappa shape index (κ3) is 0.687. The van der Waals surface area contributed by atoms with Crippen LogP contribution in [0.1, 0.15) is 6.42 Å². The summed E-state index contributed by atoms with van der Waals surface area (Å²) in [5.74, 6) is 0.264. The molecule has 1 saturated carbocycles. The van der Waals surface area contributed by atoms with Crippen molar-refractivity contribution < 1.29 is 14.3 Å². The third-order valence-electron chi connectivity index (χ3n) is 1.87. The van der Waals surface area contributed by atoms with Crippen molar-refractivity contribution in [3.8, 4) is 0 Å². The molecule has 54 valence electrons. The summed E-state index contributed by atoms with van der Waals surface area (Å²) < 4.78 is 4.87. The molecule has 0 radical (unpaired) electrons. The van der Waals surface area contributed by atoms with Crippen LogP contribution < -0.4 is 0 Å². The number of fused-ring (bicyclic) bond motifs is 2. The van der Waals surface area contributed by atoms with E-state index < -0.39 is 6.10 Å². The molecule has 0 amide bonds. The first-order chi connectivity index (χ1) is 4.70. The number of halogens is 1. The summed E-state index contributed by atoms with van der Waals surface area (Å²) >= 11 is 1.97. The van der Waals surface area contributed by atoms with E-state index in [9.17, 15) is 9.59 Å². The fraction of sp³-hybridized carbons (Fsp3) is 0.667. The normalized spacial score (nSPS) is 45.1. The average Bonchev–Trinajstić information content (AvgIpc) is 1.92. The molecule has 0 aromatic carbocycles. The van der Waals surface area contributed by atoms with Crippen LogP contribution in [0.2, 0.25) is 0 Å². The van der Waals surface area contributed by atoms with Crippen LogP contribution in [0.3, 0.4) is 0 Å². The van der Waals surface area contributed by atoms with Gasteiger partial charge in [-0.1, -0.05) is 22.6 Å². The van der Waals surface area contributed by atoms with Gasteiger partial charge in [0, 0.05) is 6.42 Å². The summed E-state index contributed by atoms with van der Waals surface area (Å²) in [6, 6.07) is 0. The summed E-state index contributed by atoms with van der Waals surface area (Å²) in [6.07, 6.45) is -0.501. The smallest absolute Gasteiger partial charge is 0.192 e. The zero-order chi connectivity index (χ0) is 7.30. The first-order valence-corrected chi connectivity index (χ1v) is 4.30. The molecular formula is C6H5IO3. The molecule has 2 saturated heterocycles. The van der Waals surface area contributed by atoms with Crippen molar-refractivity contribution >= 4 is 34.2 Å². The average molecular weight is 252 g/mol. The number of hydrogen-bond acceptors (Lipinski definition) is 3. The molecule has 3 unspecified atom stereocenters. The molecule has 3 aliphatic rings. The standard InChI is InChI=1S/C6H5IO3/c7-4-2(8)1-3-5(9)6(4)10-3/h3-4,6H,1H2. The van der Waals surface area contributed by atoms with Crippen LogP contribution in [-0.2, 0) is 14.3 Å². The monoisotopic (exact) mass is 252 g/mol. The lowest BCUT2D eigenvalue weighted by Gasteiger charge is -2.41. The third-order valence-corrected chi connectivity index (χ3v) is 3.22. The molecule has 2 bridgehead atoms. The largest absolute Gasteiger partial charge is 0.357 e. The maximum atomic E-state index is 10.9. The van der Waals surface area contributed by atoms with Crippen LogP contribution in [0, 0.1) is 0 Å². The van der Waals surface area contributed by atoms with Gasteiger partial charge in [-0.2, -0.15) is 0 Å². The Morgan fingerprint density at radius 1 is 1.50 bits per heavy atom. The van der Waals surface area contributed by atoms with E-state index in [1.807, 2.05) is 22.6 Å². The number of ketones is 2. The topological polar surface area (TPSA) is 43.4 Å². The van der Waals surface area contributed by atoms with Crippen LogP contribution >= 0.6 is 22.6 Å². The molecule has 2 aliphatic heterocycles. The van der Waals surface area contributed by atoms with Gasteiger partial charge in [-0.3, -0.25) is 9.59 Å². The van der Waals surface area contributed by atoms with Crippen molar-refractivity contribution in [1.82, 2.24) is 0 Å². The van der Waals surface area contributed by atoms with Gasteiger partial charge in [0.1, 0.15) is 16.1 Å². The Kier molecular flexibility index (Phi) is 1.35. The molecule has 3 nitrogen and oxygen atoms in total. The zero-order valence-electron chi connectivity index (χ0n) is 5.04. The van der Waals surface area contributed by atoms with E-state index in [2.05, 4.69) is 0 Å². The van der Waals surface area contributed by atoms with Gasteiger partial charge < -0.3 is 4.74 Å². The van der Waals surface area contributed by atoms with Crippen LogP contribution in [-0.4, -0.2) is 27.7 Å². The Morgan fingerprint density at radius 3 is 2.60 bits per heavy atom. The van der Waals surface area contributed by atoms with Gasteiger partial charge in [-0.05, 0) is 0 Å². The number of rotatable bonds is 0. The lowest BCUT2D eigenvalue weighted by atomic mass is 9.87. The Morgan fingerprint density at radius 2 is 2.20 bits per heavy atom. The fourth-order valence-corrected chi connectivity index (χ4v) is 2.03. The molecule has 10 heavy (non-hydrogen) atoms. The number of Topliss-reactive ketones (excluding diaryl/α,β-unsaturated/α-hetero) is 2. The Labute approximate surface area is 71.3 Å². The van der Waals surface area contributed by atoms with Gasteiger partial charge in [-0.15, -0.1) is 0 Å². The summed E-state index contributed by atoms with van der Waals surface area (Å²) in [5, 5.41) is 0. The van der Waals surface area contributed by atoms with Crippen molar-refractivity contribution in [3.63, 3.8) is 0 Å². The Balaban J connectivity index is 2.23. The molecule has 0 spiro atoms. The quantitative estimate of drug-likeness (QED) is 0.453. The zero-order valence-corrected chi connectivity index (χ0v) is 7.20. The molecule has 0 aromatic heterocycles. The molecular weight excluding hydrogens is 247 g/mol. The number of alkyl halides is 1. The van der Waals surface area contributed by atoms with E-state index in [1.54, 1.807) is 0 Å². The highest BCUT2D eigenvalue weighted by atomic mass is 127. The van der Waals surface area contributed by atoms with E-state index in [4.69, 9.17) is 4.74 Å². The number of ether oxygens (including phenoxy) is 1. The molecule has 1 aliphatic carbocycles. The van der Waals surface area contributed by atoms with E-state index in [1.165, 1.54) is 0 Å². The second-order valence-corrected chi connectivity index (χ2v) is 3.86. The minimum Gasteiger partial charge on any atom is -0.357 e. The lowest BCUT2D eigenvalue weighted by Crippen LogP contribution is -2.61. The Bertz CT molecular complexity index is 205. The van der Waals surface area contributed by atoms with Crippen LogP contribution in [0.25, 0.3) is 0 Å². The van der Waals surface area contributed by atoms with Crippen molar-refractivity contribution in [2.75, 3.05) is 0 Å². The highest BCUT2D eigenvalue weighted by Crippen LogP contribution is 2.33. The van der Waals surface area contributed by atoms with Crippen LogP contribution in [0.4, 0.5) is 0 Å². The van der Waals surface area contributed by atoms with E-state index in [0.29, 0.717) is 6.42 Å². The number of hydrogen-bond donors (Lipinski definition) is 0. The van der Waals surface area contributed by atoms with Gasteiger partial charge in [0.2, 0.25) is 0 Å². The minimum absolute atomic E-state index is 0.110. The second-order valence-electron chi connectivity index (χ2n) is 2.52. The summed E-state index contributed by atoms with van der Waals surface area (Å²) in [5.41, 5.74) is 0.